The Balaban J connectivity index is 1.79. The first-order valence-electron chi connectivity index (χ1n) is 7.59. The van der Waals surface area contributed by atoms with Crippen molar-refractivity contribution in [3.05, 3.63) is 53.1 Å². The molecule has 24 heavy (non-hydrogen) atoms. The predicted octanol–water partition coefficient (Wildman–Crippen LogP) is 3.13. The number of nitrogens with one attached hydrogen (secondary N) is 2. The summed E-state index contributed by atoms with van der Waals surface area (Å²) >= 11 is 5.94. The molecule has 5 nitrogen and oxygen atoms in total. The molecule has 0 radical (unpaired) electrons. The Morgan fingerprint density at radius 3 is 2.67 bits per heavy atom. The van der Waals surface area contributed by atoms with Gasteiger partial charge in [-0.25, -0.2) is 0 Å². The Labute approximate surface area is 146 Å². The third-order valence-electron chi connectivity index (χ3n) is 3.45. The summed E-state index contributed by atoms with van der Waals surface area (Å²) in [5.74, 6) is 1.09. The largest absolute Gasteiger partial charge is 0.497 e. The summed E-state index contributed by atoms with van der Waals surface area (Å²) in [6, 6.07) is 12.9. The molecule has 2 aromatic rings. The van der Waals surface area contributed by atoms with E-state index in [9.17, 15) is 4.79 Å². The number of carbonyl (C=O) groups excluding carboxylic acids is 1. The van der Waals surface area contributed by atoms with E-state index >= 15 is 0 Å². The first-order chi connectivity index (χ1) is 11.6. The number of hydrogen-bond acceptors (Lipinski definition) is 4. The predicted molar refractivity (Wildman–Crippen MR) is 96.2 cm³/mol. The number of halogens is 1. The fourth-order valence-electron chi connectivity index (χ4n) is 2.22. The van der Waals surface area contributed by atoms with Gasteiger partial charge < -0.3 is 20.1 Å². The summed E-state index contributed by atoms with van der Waals surface area (Å²) in [4.78, 5) is 12.0. The van der Waals surface area contributed by atoms with Crippen LogP contribution >= 0.6 is 11.6 Å². The molecule has 0 heterocycles. The number of amides is 1. The minimum absolute atomic E-state index is 0.135. The van der Waals surface area contributed by atoms with E-state index < -0.39 is 0 Å². The zero-order chi connectivity index (χ0) is 17.4. The van der Waals surface area contributed by atoms with E-state index in [0.29, 0.717) is 23.7 Å². The quantitative estimate of drug-likeness (QED) is 0.720. The average Bonchev–Trinajstić information content (AvgIpc) is 2.59. The van der Waals surface area contributed by atoms with Crippen LogP contribution in [0.2, 0.25) is 5.02 Å². The normalized spacial score (nSPS) is 10.3. The van der Waals surface area contributed by atoms with E-state index in [2.05, 4.69) is 10.6 Å². The van der Waals surface area contributed by atoms with Crippen molar-refractivity contribution in [2.24, 2.45) is 0 Å². The first kappa shape index (κ1) is 18.1. The van der Waals surface area contributed by atoms with Gasteiger partial charge in [-0.05, 0) is 42.8 Å². The molecule has 2 N–H and O–H groups in total. The van der Waals surface area contributed by atoms with Crippen LogP contribution in [0.5, 0.6) is 11.5 Å². The van der Waals surface area contributed by atoms with Crippen LogP contribution in [0.15, 0.2) is 42.5 Å². The van der Waals surface area contributed by atoms with Crippen LogP contribution in [0.4, 0.5) is 5.69 Å². The summed E-state index contributed by atoms with van der Waals surface area (Å²) in [5, 5.41) is 6.65. The minimum atomic E-state index is -0.135. The molecule has 0 aromatic heterocycles. The number of methoxy groups -OCH3 is 2. The molecule has 1 amide bonds. The zero-order valence-corrected chi connectivity index (χ0v) is 14.5. The summed E-state index contributed by atoms with van der Waals surface area (Å²) in [6.45, 7) is 0.906. The van der Waals surface area contributed by atoms with Crippen molar-refractivity contribution < 1.29 is 14.3 Å². The maximum absolute atomic E-state index is 12.0. The second-order valence-corrected chi connectivity index (χ2v) is 5.61. The van der Waals surface area contributed by atoms with Gasteiger partial charge in [-0.3, -0.25) is 4.79 Å². The lowest BCUT2D eigenvalue weighted by Gasteiger charge is -2.12. The number of hydrogen-bond donors (Lipinski definition) is 2. The SMILES string of the molecule is COc1ccc(NC(=O)CNCCc2cccc(Cl)c2)c(OC)c1. The monoisotopic (exact) mass is 348 g/mol. The Morgan fingerprint density at radius 1 is 1.12 bits per heavy atom. The molecule has 0 spiro atoms. The van der Waals surface area contributed by atoms with Crippen molar-refractivity contribution in [1.29, 1.82) is 0 Å². The van der Waals surface area contributed by atoms with Crippen molar-refractivity contribution in [3.63, 3.8) is 0 Å². The van der Waals surface area contributed by atoms with E-state index in [-0.39, 0.29) is 12.5 Å². The molecular formula is C18H21ClN2O3. The average molecular weight is 349 g/mol. The van der Waals surface area contributed by atoms with Crippen molar-refractivity contribution in [2.75, 3.05) is 32.6 Å². The maximum Gasteiger partial charge on any atom is 0.238 e. The molecule has 0 unspecified atom stereocenters. The smallest absolute Gasteiger partial charge is 0.238 e. The number of anilines is 1. The molecule has 0 saturated carbocycles. The highest BCUT2D eigenvalue weighted by Crippen LogP contribution is 2.28. The van der Waals surface area contributed by atoms with Gasteiger partial charge in [0.05, 0.1) is 26.5 Å². The third kappa shape index (κ3) is 5.44. The molecular weight excluding hydrogens is 328 g/mol. The highest BCUT2D eigenvalue weighted by Gasteiger charge is 2.08. The summed E-state index contributed by atoms with van der Waals surface area (Å²) in [6.07, 6.45) is 0.805. The van der Waals surface area contributed by atoms with E-state index in [4.69, 9.17) is 21.1 Å². The molecule has 0 aliphatic carbocycles. The van der Waals surface area contributed by atoms with Gasteiger partial charge in [0.1, 0.15) is 11.5 Å². The Bertz CT molecular complexity index is 692. The molecule has 0 bridgehead atoms. The minimum Gasteiger partial charge on any atom is -0.497 e. The Kier molecular flexibility index (Phi) is 6.90. The first-order valence-corrected chi connectivity index (χ1v) is 7.97. The highest BCUT2D eigenvalue weighted by molar-refractivity contribution is 6.30. The third-order valence-corrected chi connectivity index (χ3v) is 3.68. The van der Waals surface area contributed by atoms with Crippen LogP contribution in [-0.2, 0) is 11.2 Å². The number of ether oxygens (including phenoxy) is 2. The maximum atomic E-state index is 12.0. The lowest BCUT2D eigenvalue weighted by molar-refractivity contribution is -0.115. The van der Waals surface area contributed by atoms with Crippen LogP contribution in [-0.4, -0.2) is 33.2 Å². The Hall–Kier alpha value is -2.24. The second kappa shape index (κ2) is 9.15. The van der Waals surface area contributed by atoms with E-state index in [0.717, 1.165) is 17.0 Å². The van der Waals surface area contributed by atoms with Gasteiger partial charge in [0, 0.05) is 11.1 Å². The van der Waals surface area contributed by atoms with Gasteiger partial charge in [-0.15, -0.1) is 0 Å². The van der Waals surface area contributed by atoms with Crippen molar-refractivity contribution in [1.82, 2.24) is 5.32 Å². The fraction of sp³-hybridized carbons (Fsp3) is 0.278. The van der Waals surface area contributed by atoms with Gasteiger partial charge in [0.2, 0.25) is 5.91 Å². The van der Waals surface area contributed by atoms with Gasteiger partial charge in [0.15, 0.2) is 0 Å². The van der Waals surface area contributed by atoms with Crippen molar-refractivity contribution in [2.45, 2.75) is 6.42 Å². The van der Waals surface area contributed by atoms with E-state index in [1.807, 2.05) is 24.3 Å². The van der Waals surface area contributed by atoms with Crippen molar-refractivity contribution in [3.8, 4) is 11.5 Å². The topological polar surface area (TPSA) is 59.6 Å². The molecule has 0 atom stereocenters. The molecule has 2 aromatic carbocycles. The van der Waals surface area contributed by atoms with Gasteiger partial charge in [-0.2, -0.15) is 0 Å². The van der Waals surface area contributed by atoms with Gasteiger partial charge in [0.25, 0.3) is 0 Å². The van der Waals surface area contributed by atoms with Crippen LogP contribution in [0.25, 0.3) is 0 Å². The molecule has 6 heteroatoms. The second-order valence-electron chi connectivity index (χ2n) is 5.17. The van der Waals surface area contributed by atoms with Crippen LogP contribution in [0.3, 0.4) is 0 Å². The molecule has 0 saturated heterocycles. The highest BCUT2D eigenvalue weighted by atomic mass is 35.5. The van der Waals surface area contributed by atoms with Gasteiger partial charge >= 0.3 is 0 Å². The lowest BCUT2D eigenvalue weighted by atomic mass is 10.1. The lowest BCUT2D eigenvalue weighted by Crippen LogP contribution is -2.29. The van der Waals surface area contributed by atoms with Gasteiger partial charge in [-0.1, -0.05) is 23.7 Å². The van der Waals surface area contributed by atoms with Crippen LogP contribution in [0.1, 0.15) is 5.56 Å². The molecule has 0 fully saturated rings. The molecule has 0 aliphatic heterocycles. The number of benzene rings is 2. The summed E-state index contributed by atoms with van der Waals surface area (Å²) < 4.78 is 10.4. The standard InChI is InChI=1S/C18H21ClN2O3/c1-23-15-6-7-16(17(11-15)24-2)21-18(22)12-20-9-8-13-4-3-5-14(19)10-13/h3-7,10-11,20H,8-9,12H2,1-2H3,(H,21,22). The molecule has 128 valence electrons. The van der Waals surface area contributed by atoms with Crippen molar-refractivity contribution >= 4 is 23.2 Å². The van der Waals surface area contributed by atoms with Crippen LogP contribution in [0, 0.1) is 0 Å². The number of carbonyl (C=O) groups is 1. The number of rotatable bonds is 8. The fourth-order valence-corrected chi connectivity index (χ4v) is 2.44. The molecule has 0 aliphatic rings. The Morgan fingerprint density at radius 2 is 1.96 bits per heavy atom. The summed E-state index contributed by atoms with van der Waals surface area (Å²) in [5.41, 5.74) is 1.74. The van der Waals surface area contributed by atoms with E-state index in [1.54, 1.807) is 32.4 Å². The summed E-state index contributed by atoms with van der Waals surface area (Å²) in [7, 11) is 3.13. The zero-order valence-electron chi connectivity index (χ0n) is 13.8. The van der Waals surface area contributed by atoms with Crippen LogP contribution < -0.4 is 20.1 Å². The van der Waals surface area contributed by atoms with E-state index in [1.165, 1.54) is 0 Å². The molecule has 2 rings (SSSR count).